The van der Waals surface area contributed by atoms with Gasteiger partial charge in [-0.05, 0) is 38.8 Å². The summed E-state index contributed by atoms with van der Waals surface area (Å²) in [5, 5.41) is 11.4. The van der Waals surface area contributed by atoms with Crippen molar-refractivity contribution in [3.63, 3.8) is 0 Å². The lowest BCUT2D eigenvalue weighted by molar-refractivity contribution is -0.131. The summed E-state index contributed by atoms with van der Waals surface area (Å²) in [6.45, 7) is 3.76. The van der Waals surface area contributed by atoms with Crippen LogP contribution in [0.5, 0.6) is 5.75 Å². The lowest BCUT2D eigenvalue weighted by Crippen LogP contribution is -2.30. The Balaban J connectivity index is 2.13. The van der Waals surface area contributed by atoms with Gasteiger partial charge in [0.25, 0.3) is 5.91 Å². The minimum Gasteiger partial charge on any atom is -0.434 e. The summed E-state index contributed by atoms with van der Waals surface area (Å²) in [5.41, 5.74) is 0.379. The quantitative estimate of drug-likeness (QED) is 0.411. The van der Waals surface area contributed by atoms with Gasteiger partial charge in [0.05, 0.1) is 18.1 Å². The maximum Gasteiger partial charge on any atom is 0.387 e. The number of halogens is 3. The highest BCUT2D eigenvalue weighted by Gasteiger charge is 2.25. The fourth-order valence-corrected chi connectivity index (χ4v) is 3.54. The van der Waals surface area contributed by atoms with E-state index in [2.05, 4.69) is 32.0 Å². The molecule has 3 aromatic rings. The van der Waals surface area contributed by atoms with Gasteiger partial charge in [0.15, 0.2) is 5.82 Å². The molecule has 0 saturated heterocycles. The van der Waals surface area contributed by atoms with E-state index >= 15 is 0 Å². The van der Waals surface area contributed by atoms with Crippen LogP contribution >= 0.6 is 11.6 Å². The Kier molecular flexibility index (Phi) is 8.20. The predicted octanol–water partition coefficient (Wildman–Crippen LogP) is 4.73. The standard InChI is InChI=1S/C23H24ClF2N7O3/c1-6-9-32-20(27-3)16(11-28-32)21(34)29-17-12-33(13(2)22(35)31(4)5)30-19(17)15-10-14(24)7-8-18(15)36-23(25)26/h6-13,23H,3H2,1-2,4-5H3,(H,29,34)/b9-6-. The Morgan fingerprint density at radius 3 is 2.67 bits per heavy atom. The fourth-order valence-electron chi connectivity index (χ4n) is 3.37. The molecule has 1 atom stereocenters. The summed E-state index contributed by atoms with van der Waals surface area (Å²) in [4.78, 5) is 31.0. The van der Waals surface area contributed by atoms with Crippen LogP contribution in [-0.2, 0) is 4.79 Å². The summed E-state index contributed by atoms with van der Waals surface area (Å²) in [6.07, 6.45) is 6.03. The van der Waals surface area contributed by atoms with Crippen molar-refractivity contribution < 1.29 is 23.1 Å². The first-order chi connectivity index (χ1) is 17.1. The number of anilines is 1. The van der Waals surface area contributed by atoms with Gasteiger partial charge in [-0.2, -0.15) is 19.0 Å². The van der Waals surface area contributed by atoms with Crippen molar-refractivity contribution in [3.05, 3.63) is 47.3 Å². The minimum atomic E-state index is -3.11. The normalized spacial score (nSPS) is 12.1. The van der Waals surface area contributed by atoms with Gasteiger partial charge in [-0.1, -0.05) is 17.7 Å². The number of benzene rings is 1. The highest BCUT2D eigenvalue weighted by molar-refractivity contribution is 6.31. The second kappa shape index (κ2) is 11.1. The molecular weight excluding hydrogens is 496 g/mol. The first-order valence-electron chi connectivity index (χ1n) is 10.6. The zero-order valence-electron chi connectivity index (χ0n) is 19.9. The van der Waals surface area contributed by atoms with Gasteiger partial charge >= 0.3 is 6.61 Å². The molecular formula is C23H24ClF2N7O3. The third-order valence-electron chi connectivity index (χ3n) is 5.04. The van der Waals surface area contributed by atoms with E-state index in [1.807, 2.05) is 0 Å². The Bertz CT molecular complexity index is 1320. The number of allylic oxidation sites excluding steroid dienone is 1. The van der Waals surface area contributed by atoms with Gasteiger partial charge in [-0.15, -0.1) is 0 Å². The van der Waals surface area contributed by atoms with Crippen molar-refractivity contribution in [2.75, 3.05) is 19.4 Å². The van der Waals surface area contributed by atoms with Crippen LogP contribution in [0.25, 0.3) is 17.5 Å². The number of hydrogen-bond donors (Lipinski definition) is 1. The SMILES string of the molecule is C=Nc1c(C(=O)Nc2cn(C(C)C(=O)N(C)C)nc2-c2cc(Cl)ccc2OC(F)F)cnn1/C=C\C. The zero-order valence-corrected chi connectivity index (χ0v) is 20.7. The van der Waals surface area contributed by atoms with Crippen molar-refractivity contribution in [1.29, 1.82) is 0 Å². The van der Waals surface area contributed by atoms with E-state index in [1.54, 1.807) is 40.2 Å². The van der Waals surface area contributed by atoms with Crippen LogP contribution in [0.1, 0.15) is 30.2 Å². The van der Waals surface area contributed by atoms with Crippen LogP contribution in [0, 0.1) is 0 Å². The molecule has 1 N–H and O–H groups in total. The number of likely N-dealkylation sites (N-methyl/N-ethyl adjacent to an activating group) is 1. The van der Waals surface area contributed by atoms with Crippen LogP contribution < -0.4 is 10.1 Å². The molecule has 0 saturated carbocycles. The van der Waals surface area contributed by atoms with Crippen LogP contribution in [-0.4, -0.2) is 63.7 Å². The van der Waals surface area contributed by atoms with E-state index in [0.717, 1.165) is 0 Å². The number of nitrogens with one attached hydrogen (secondary N) is 1. The van der Waals surface area contributed by atoms with Crippen LogP contribution in [0.15, 0.2) is 41.7 Å². The van der Waals surface area contributed by atoms with E-state index < -0.39 is 18.6 Å². The van der Waals surface area contributed by atoms with Gasteiger partial charge < -0.3 is 15.0 Å². The lowest BCUT2D eigenvalue weighted by Gasteiger charge is -2.16. The van der Waals surface area contributed by atoms with E-state index in [9.17, 15) is 18.4 Å². The van der Waals surface area contributed by atoms with E-state index in [0.29, 0.717) is 0 Å². The lowest BCUT2D eigenvalue weighted by atomic mass is 10.1. The molecule has 10 nitrogen and oxygen atoms in total. The largest absolute Gasteiger partial charge is 0.434 e. The molecule has 36 heavy (non-hydrogen) atoms. The molecule has 2 aromatic heterocycles. The van der Waals surface area contributed by atoms with E-state index in [1.165, 1.54) is 44.9 Å². The van der Waals surface area contributed by atoms with Crippen molar-refractivity contribution in [3.8, 4) is 17.0 Å². The molecule has 1 aromatic carbocycles. The fraction of sp³-hybridized carbons (Fsp3) is 0.261. The third kappa shape index (κ3) is 5.60. The molecule has 3 rings (SSSR count). The maximum absolute atomic E-state index is 13.2. The summed E-state index contributed by atoms with van der Waals surface area (Å²) >= 11 is 6.13. The monoisotopic (exact) mass is 519 g/mol. The predicted molar refractivity (Wildman–Crippen MR) is 133 cm³/mol. The minimum absolute atomic E-state index is 0.0638. The number of ether oxygens (including phenoxy) is 1. The number of rotatable bonds is 9. The molecule has 0 bridgehead atoms. The molecule has 0 radical (unpaired) electrons. The Hall–Kier alpha value is -4.06. The van der Waals surface area contributed by atoms with Gasteiger partial charge in [0, 0.05) is 30.9 Å². The highest BCUT2D eigenvalue weighted by atomic mass is 35.5. The zero-order chi connectivity index (χ0) is 26.6. The molecule has 13 heteroatoms. The summed E-state index contributed by atoms with van der Waals surface area (Å²) < 4.78 is 33.5. The number of nitrogens with zero attached hydrogens (tertiary/aromatic N) is 6. The van der Waals surface area contributed by atoms with Crippen LogP contribution in [0.3, 0.4) is 0 Å². The first-order valence-corrected chi connectivity index (χ1v) is 11.0. The van der Waals surface area contributed by atoms with Crippen LogP contribution in [0.2, 0.25) is 5.02 Å². The van der Waals surface area contributed by atoms with Crippen LogP contribution in [0.4, 0.5) is 20.3 Å². The molecule has 2 amide bonds. The van der Waals surface area contributed by atoms with Crippen molar-refractivity contribution in [1.82, 2.24) is 24.5 Å². The molecule has 0 spiro atoms. The Morgan fingerprint density at radius 1 is 1.33 bits per heavy atom. The Morgan fingerprint density at radius 2 is 2.06 bits per heavy atom. The summed E-state index contributed by atoms with van der Waals surface area (Å²) in [7, 11) is 3.17. The topological polar surface area (TPSA) is 107 Å². The number of amides is 2. The van der Waals surface area contributed by atoms with Gasteiger partial charge in [0.1, 0.15) is 23.0 Å². The van der Waals surface area contributed by atoms with Crippen molar-refractivity contribution >= 4 is 47.8 Å². The second-order valence-corrected chi connectivity index (χ2v) is 8.16. The molecule has 0 aliphatic carbocycles. The summed E-state index contributed by atoms with van der Waals surface area (Å²) in [5.74, 6) is -0.905. The van der Waals surface area contributed by atoms with Gasteiger partial charge in [-0.25, -0.2) is 9.67 Å². The van der Waals surface area contributed by atoms with Gasteiger partial charge in [0.2, 0.25) is 5.91 Å². The molecule has 2 heterocycles. The number of aromatic nitrogens is 4. The van der Waals surface area contributed by atoms with E-state index in [4.69, 9.17) is 11.6 Å². The first kappa shape index (κ1) is 26.5. The Labute approximate surface area is 210 Å². The van der Waals surface area contributed by atoms with Gasteiger partial charge in [-0.3, -0.25) is 14.3 Å². The molecule has 0 aliphatic heterocycles. The number of carbonyl (C=O) groups excluding carboxylic acids is 2. The maximum atomic E-state index is 13.2. The van der Waals surface area contributed by atoms with Crippen molar-refractivity contribution in [2.45, 2.75) is 26.5 Å². The number of carbonyl (C=O) groups is 2. The highest BCUT2D eigenvalue weighted by Crippen LogP contribution is 2.38. The molecule has 0 fully saturated rings. The van der Waals surface area contributed by atoms with Crippen molar-refractivity contribution in [2.24, 2.45) is 4.99 Å². The average molecular weight is 520 g/mol. The molecule has 1 unspecified atom stereocenters. The number of alkyl halides is 2. The molecule has 0 aliphatic rings. The van der Waals surface area contributed by atoms with E-state index in [-0.39, 0.29) is 45.0 Å². The number of hydrogen-bond acceptors (Lipinski definition) is 6. The second-order valence-electron chi connectivity index (χ2n) is 7.72. The molecule has 190 valence electrons. The average Bonchev–Trinajstić information content (AvgIpc) is 3.43. The third-order valence-corrected chi connectivity index (χ3v) is 5.28. The summed E-state index contributed by atoms with van der Waals surface area (Å²) in [6, 6.07) is 3.25. The number of aliphatic imine (C=N–C) groups is 1. The smallest absolute Gasteiger partial charge is 0.387 e.